The molecule has 0 spiro atoms. The monoisotopic (exact) mass is 100 g/mol. The van der Waals surface area contributed by atoms with Crippen LogP contribution in [0.15, 0.2) is 0 Å². The van der Waals surface area contributed by atoms with Crippen LogP contribution in [0, 0.1) is 11.3 Å². The van der Waals surface area contributed by atoms with Gasteiger partial charge in [-0.1, -0.05) is 6.92 Å². The number of nitrogens with one attached hydrogen (secondary N) is 1. The van der Waals surface area contributed by atoms with E-state index in [0.717, 1.165) is 6.42 Å². The predicted octanol–water partition coefficient (Wildman–Crippen LogP) is 1.09. The average Bonchev–Trinajstić information content (AvgIpc) is 1.72. The average molecular weight is 100 g/mol. The van der Waals surface area contributed by atoms with Crippen molar-refractivity contribution in [2.24, 2.45) is 5.92 Å². The topological polar surface area (TPSA) is 43.8 Å². The number of hydrogen-bond donors (Lipinski definition) is 1. The van der Waals surface area contributed by atoms with Crippen LogP contribution in [0.5, 0.6) is 0 Å². The Labute approximate surface area is 43.7 Å². The fourth-order valence-electron chi connectivity index (χ4n) is 0.284. The lowest BCUT2D eigenvalue weighted by molar-refractivity contribution is 0.168. The van der Waals surface area contributed by atoms with Crippen LogP contribution in [0.25, 0.3) is 0 Å². The van der Waals surface area contributed by atoms with Crippen molar-refractivity contribution in [2.75, 3.05) is 6.61 Å². The van der Waals surface area contributed by atoms with Crippen LogP contribution < -0.4 is 0 Å². The molecule has 0 bridgehead atoms. The maximum atomic E-state index is 9.94. The van der Waals surface area contributed by atoms with Gasteiger partial charge in [0.2, 0.25) is 0 Å². The first-order valence-corrected chi connectivity index (χ1v) is 2.43. The van der Waals surface area contributed by atoms with E-state index < -0.39 is 0 Å². The van der Waals surface area contributed by atoms with Gasteiger partial charge in [-0.05, 0) is 6.42 Å². The molecule has 0 saturated heterocycles. The van der Waals surface area contributed by atoms with Gasteiger partial charge in [-0.25, -0.2) is 5.11 Å². The van der Waals surface area contributed by atoms with Crippen LogP contribution in [0.4, 0.5) is 0 Å². The van der Waals surface area contributed by atoms with Gasteiger partial charge in [0.05, 0.1) is 6.61 Å². The molecular weight excluding hydrogens is 90.1 g/mol. The normalized spacial score (nSPS) is 13.4. The summed E-state index contributed by atoms with van der Waals surface area (Å²) in [5.41, 5.74) is 0. The summed E-state index contributed by atoms with van der Waals surface area (Å²) in [5, 5.41) is 16.6. The molecule has 0 fully saturated rings. The molecule has 0 heterocycles. The summed E-state index contributed by atoms with van der Waals surface area (Å²) < 4.78 is 0. The first kappa shape index (κ1) is 6.63. The SMILES string of the molecule is CCC(C=N)C[O]. The zero-order chi connectivity index (χ0) is 5.70. The third-order valence-electron chi connectivity index (χ3n) is 0.974. The molecule has 1 unspecified atom stereocenters. The van der Waals surface area contributed by atoms with Crippen molar-refractivity contribution in [3.8, 4) is 0 Å². The van der Waals surface area contributed by atoms with Crippen molar-refractivity contribution in [2.45, 2.75) is 13.3 Å². The van der Waals surface area contributed by atoms with Gasteiger partial charge in [-0.15, -0.1) is 0 Å². The second-order valence-electron chi connectivity index (χ2n) is 1.50. The molecule has 0 rings (SSSR count). The van der Waals surface area contributed by atoms with E-state index in [1.807, 2.05) is 6.92 Å². The van der Waals surface area contributed by atoms with E-state index >= 15 is 0 Å². The van der Waals surface area contributed by atoms with E-state index in [4.69, 9.17) is 5.41 Å². The summed E-state index contributed by atoms with van der Waals surface area (Å²) in [5.74, 6) is -0.0278. The van der Waals surface area contributed by atoms with Gasteiger partial charge < -0.3 is 5.41 Å². The second-order valence-corrected chi connectivity index (χ2v) is 1.50. The fourth-order valence-corrected chi connectivity index (χ4v) is 0.284. The van der Waals surface area contributed by atoms with Crippen molar-refractivity contribution in [3.63, 3.8) is 0 Å². The van der Waals surface area contributed by atoms with Gasteiger partial charge in [0.15, 0.2) is 0 Å². The highest BCUT2D eigenvalue weighted by Crippen LogP contribution is 1.94. The third kappa shape index (κ3) is 2.34. The summed E-state index contributed by atoms with van der Waals surface area (Å²) >= 11 is 0. The maximum absolute atomic E-state index is 9.94. The van der Waals surface area contributed by atoms with E-state index in [2.05, 4.69) is 0 Å². The van der Waals surface area contributed by atoms with E-state index in [0.29, 0.717) is 0 Å². The fraction of sp³-hybridized carbons (Fsp3) is 0.800. The predicted molar refractivity (Wildman–Crippen MR) is 28.1 cm³/mol. The van der Waals surface area contributed by atoms with Crippen LogP contribution in [0.3, 0.4) is 0 Å². The second kappa shape index (κ2) is 3.81. The minimum Gasteiger partial charge on any atom is -0.313 e. The minimum absolute atomic E-state index is 0.0278. The molecule has 1 N–H and O–H groups in total. The van der Waals surface area contributed by atoms with E-state index in [-0.39, 0.29) is 12.5 Å². The number of hydrogen-bond acceptors (Lipinski definition) is 1. The number of rotatable bonds is 3. The lowest BCUT2D eigenvalue weighted by Crippen LogP contribution is -2.02. The molecule has 0 aromatic rings. The highest BCUT2D eigenvalue weighted by atomic mass is 16.3. The molecule has 7 heavy (non-hydrogen) atoms. The highest BCUT2D eigenvalue weighted by Gasteiger charge is 1.96. The van der Waals surface area contributed by atoms with Gasteiger partial charge >= 0.3 is 0 Å². The van der Waals surface area contributed by atoms with Crippen molar-refractivity contribution in [1.82, 2.24) is 0 Å². The molecule has 2 nitrogen and oxygen atoms in total. The van der Waals surface area contributed by atoms with E-state index in [9.17, 15) is 5.11 Å². The maximum Gasteiger partial charge on any atom is 0.0899 e. The molecule has 0 aromatic carbocycles. The lowest BCUT2D eigenvalue weighted by atomic mass is 10.1. The summed E-state index contributed by atoms with van der Waals surface area (Å²) in [4.78, 5) is 0. The van der Waals surface area contributed by atoms with Crippen LogP contribution in [-0.4, -0.2) is 12.8 Å². The zero-order valence-corrected chi connectivity index (χ0v) is 4.48. The minimum atomic E-state index is -0.139. The summed E-state index contributed by atoms with van der Waals surface area (Å²) in [7, 11) is 0. The first-order chi connectivity index (χ1) is 3.35. The van der Waals surface area contributed by atoms with Crippen molar-refractivity contribution >= 4 is 6.21 Å². The summed E-state index contributed by atoms with van der Waals surface area (Å²) in [6.45, 7) is 1.77. The molecular formula is C5H10NO. The Morgan fingerprint density at radius 3 is 2.43 bits per heavy atom. The molecule has 1 radical (unpaired) electrons. The summed E-state index contributed by atoms with van der Waals surface area (Å²) in [6, 6.07) is 0. The van der Waals surface area contributed by atoms with Gasteiger partial charge in [0.1, 0.15) is 0 Å². The molecule has 0 amide bonds. The zero-order valence-electron chi connectivity index (χ0n) is 4.48. The van der Waals surface area contributed by atoms with Gasteiger partial charge in [-0.3, -0.25) is 0 Å². The molecule has 41 valence electrons. The van der Waals surface area contributed by atoms with Gasteiger partial charge in [0.25, 0.3) is 0 Å². The van der Waals surface area contributed by atoms with Crippen molar-refractivity contribution < 1.29 is 5.11 Å². The van der Waals surface area contributed by atoms with Crippen molar-refractivity contribution in [3.05, 3.63) is 0 Å². The molecule has 0 aliphatic heterocycles. The Hall–Kier alpha value is -0.370. The first-order valence-electron chi connectivity index (χ1n) is 2.43. The lowest BCUT2D eigenvalue weighted by Gasteiger charge is -1.97. The molecule has 2 heteroatoms. The molecule has 0 aromatic heterocycles. The molecule has 0 aliphatic carbocycles. The van der Waals surface area contributed by atoms with Gasteiger partial charge in [0, 0.05) is 12.1 Å². The Morgan fingerprint density at radius 2 is 2.43 bits per heavy atom. The Kier molecular flexibility index (Phi) is 3.61. The highest BCUT2D eigenvalue weighted by molar-refractivity contribution is 5.56. The smallest absolute Gasteiger partial charge is 0.0899 e. The quantitative estimate of drug-likeness (QED) is 0.516. The standard InChI is InChI=1S/C5H10NO/c1-2-5(3-6)4-7/h3,5-6H,2,4H2,1H3. The van der Waals surface area contributed by atoms with Crippen LogP contribution >= 0.6 is 0 Å². The van der Waals surface area contributed by atoms with Crippen LogP contribution in [-0.2, 0) is 5.11 Å². The molecule has 0 aliphatic rings. The Morgan fingerprint density at radius 1 is 1.86 bits per heavy atom. The largest absolute Gasteiger partial charge is 0.313 e. The van der Waals surface area contributed by atoms with Gasteiger partial charge in [-0.2, -0.15) is 0 Å². The van der Waals surface area contributed by atoms with Crippen LogP contribution in [0.2, 0.25) is 0 Å². The van der Waals surface area contributed by atoms with Crippen molar-refractivity contribution in [1.29, 1.82) is 5.41 Å². The molecule has 0 saturated carbocycles. The van der Waals surface area contributed by atoms with Crippen LogP contribution in [0.1, 0.15) is 13.3 Å². The van der Waals surface area contributed by atoms with E-state index in [1.54, 1.807) is 0 Å². The Bertz CT molecular complexity index is 50.0. The molecule has 1 atom stereocenters. The summed E-state index contributed by atoms with van der Waals surface area (Å²) in [6.07, 6.45) is 2.01. The Balaban J connectivity index is 3.16. The van der Waals surface area contributed by atoms with E-state index in [1.165, 1.54) is 6.21 Å². The third-order valence-corrected chi connectivity index (χ3v) is 0.974.